The minimum absolute atomic E-state index is 0.342. The van der Waals surface area contributed by atoms with Crippen LogP contribution in [0.1, 0.15) is 26.2 Å². The lowest BCUT2D eigenvalue weighted by atomic mass is 9.98. The second kappa shape index (κ2) is 5.46. The summed E-state index contributed by atoms with van der Waals surface area (Å²) in [4.78, 5) is 10.9. The molecular weight excluding hydrogens is 180 g/mol. The van der Waals surface area contributed by atoms with E-state index < -0.39 is 12.1 Å². The van der Waals surface area contributed by atoms with Crippen LogP contribution in [-0.4, -0.2) is 23.8 Å². The summed E-state index contributed by atoms with van der Waals surface area (Å²) in [5.74, 6) is 4.59. The molecule has 0 aliphatic heterocycles. The van der Waals surface area contributed by atoms with Crippen LogP contribution < -0.4 is 0 Å². The molecule has 1 rings (SSSR count). The molecule has 0 aromatic rings. The van der Waals surface area contributed by atoms with Crippen LogP contribution in [0.4, 0.5) is 0 Å². The van der Waals surface area contributed by atoms with E-state index in [2.05, 4.69) is 16.6 Å². The Kier molecular flexibility index (Phi) is 4.21. The van der Waals surface area contributed by atoms with Gasteiger partial charge < -0.3 is 9.84 Å². The van der Waals surface area contributed by atoms with Crippen molar-refractivity contribution in [3.05, 3.63) is 11.6 Å². The molecule has 1 aliphatic rings. The van der Waals surface area contributed by atoms with E-state index in [9.17, 15) is 9.90 Å². The lowest BCUT2D eigenvalue weighted by Gasteiger charge is -2.12. The Morgan fingerprint density at radius 1 is 1.79 bits per heavy atom. The Balaban J connectivity index is 2.54. The van der Waals surface area contributed by atoms with Gasteiger partial charge in [0.25, 0.3) is 0 Å². The highest BCUT2D eigenvalue weighted by Gasteiger charge is 2.08. The van der Waals surface area contributed by atoms with Gasteiger partial charge in [-0.15, -0.1) is 0 Å². The molecule has 1 aliphatic carbocycles. The van der Waals surface area contributed by atoms with Crippen LogP contribution in [0.2, 0.25) is 0 Å². The zero-order chi connectivity index (χ0) is 10.4. The zero-order valence-electron chi connectivity index (χ0n) is 8.25. The van der Waals surface area contributed by atoms with Crippen molar-refractivity contribution in [2.45, 2.75) is 32.3 Å². The number of allylic oxidation sites excluding steroid dienone is 1. The van der Waals surface area contributed by atoms with E-state index in [1.807, 2.05) is 0 Å². The van der Waals surface area contributed by atoms with E-state index in [4.69, 9.17) is 0 Å². The second-order valence-corrected chi connectivity index (χ2v) is 3.12. The van der Waals surface area contributed by atoms with Crippen LogP contribution >= 0.6 is 0 Å². The summed E-state index contributed by atoms with van der Waals surface area (Å²) in [6.45, 7) is 2.08. The molecule has 76 valence electrons. The first-order valence-corrected chi connectivity index (χ1v) is 4.80. The fourth-order valence-electron chi connectivity index (χ4n) is 1.30. The summed E-state index contributed by atoms with van der Waals surface area (Å²) in [5, 5.41) is 9.29. The average Bonchev–Trinajstić information content (AvgIpc) is 2.15. The number of carbonyl (C=O) groups is 1. The molecule has 0 spiro atoms. The molecule has 14 heavy (non-hydrogen) atoms. The zero-order valence-corrected chi connectivity index (χ0v) is 8.25. The van der Waals surface area contributed by atoms with Crippen molar-refractivity contribution in [1.29, 1.82) is 0 Å². The third-order valence-electron chi connectivity index (χ3n) is 1.94. The smallest absolute Gasteiger partial charge is 0.384 e. The van der Waals surface area contributed by atoms with E-state index >= 15 is 0 Å². The number of aliphatic hydroxyl groups excluding tert-OH is 1. The van der Waals surface area contributed by atoms with Crippen molar-refractivity contribution in [1.82, 2.24) is 0 Å². The first-order chi connectivity index (χ1) is 6.72. The van der Waals surface area contributed by atoms with Crippen LogP contribution in [0.15, 0.2) is 11.6 Å². The second-order valence-electron chi connectivity index (χ2n) is 3.12. The Labute approximate surface area is 83.8 Å². The lowest BCUT2D eigenvalue weighted by molar-refractivity contribution is -0.136. The molecule has 0 fully saturated rings. The van der Waals surface area contributed by atoms with Gasteiger partial charge in [0.1, 0.15) is 0 Å². The number of esters is 1. The van der Waals surface area contributed by atoms with Gasteiger partial charge >= 0.3 is 5.97 Å². The van der Waals surface area contributed by atoms with Crippen molar-refractivity contribution < 1.29 is 14.6 Å². The molecule has 1 atom stereocenters. The maximum atomic E-state index is 10.9. The molecule has 1 N–H and O–H groups in total. The normalized spacial score (nSPS) is 20.4. The molecule has 0 amide bonds. The SMILES string of the molecule is CCOC(=O)C#CC1=CC(O)CCC1. The van der Waals surface area contributed by atoms with Gasteiger partial charge in [-0.25, -0.2) is 4.79 Å². The van der Waals surface area contributed by atoms with Crippen LogP contribution in [0.3, 0.4) is 0 Å². The van der Waals surface area contributed by atoms with Crippen molar-refractivity contribution in [2.75, 3.05) is 6.61 Å². The predicted molar refractivity (Wildman–Crippen MR) is 52.3 cm³/mol. The summed E-state index contributed by atoms with van der Waals surface area (Å²) < 4.78 is 4.66. The van der Waals surface area contributed by atoms with Crippen molar-refractivity contribution in [3.8, 4) is 11.8 Å². The van der Waals surface area contributed by atoms with Gasteiger partial charge in [-0.2, -0.15) is 0 Å². The minimum atomic E-state index is -0.506. The van der Waals surface area contributed by atoms with Crippen molar-refractivity contribution >= 4 is 5.97 Å². The number of aliphatic hydroxyl groups is 1. The Bertz CT molecular complexity index is 293. The van der Waals surface area contributed by atoms with E-state index in [0.29, 0.717) is 6.61 Å². The molecule has 0 radical (unpaired) electrons. The topological polar surface area (TPSA) is 46.5 Å². The number of carbonyl (C=O) groups excluding carboxylic acids is 1. The van der Waals surface area contributed by atoms with Crippen molar-refractivity contribution in [3.63, 3.8) is 0 Å². The third-order valence-corrected chi connectivity index (χ3v) is 1.94. The molecule has 0 saturated heterocycles. The minimum Gasteiger partial charge on any atom is -0.456 e. The quantitative estimate of drug-likeness (QED) is 0.385. The van der Waals surface area contributed by atoms with Gasteiger partial charge in [0, 0.05) is 11.5 Å². The van der Waals surface area contributed by atoms with E-state index in [1.165, 1.54) is 0 Å². The molecule has 3 heteroatoms. The highest BCUT2D eigenvalue weighted by molar-refractivity contribution is 5.89. The summed E-state index contributed by atoms with van der Waals surface area (Å²) >= 11 is 0. The first kappa shape index (κ1) is 10.8. The fourth-order valence-corrected chi connectivity index (χ4v) is 1.30. The van der Waals surface area contributed by atoms with E-state index in [-0.39, 0.29) is 0 Å². The first-order valence-electron chi connectivity index (χ1n) is 4.80. The molecule has 0 saturated carbocycles. The van der Waals surface area contributed by atoms with Crippen LogP contribution in [-0.2, 0) is 9.53 Å². The monoisotopic (exact) mass is 194 g/mol. The highest BCUT2D eigenvalue weighted by Crippen LogP contribution is 2.16. The Morgan fingerprint density at radius 3 is 3.21 bits per heavy atom. The van der Waals surface area contributed by atoms with E-state index in [1.54, 1.807) is 13.0 Å². The molecule has 0 aromatic carbocycles. The van der Waals surface area contributed by atoms with Crippen LogP contribution in [0.5, 0.6) is 0 Å². The molecule has 3 nitrogen and oxygen atoms in total. The summed E-state index contributed by atoms with van der Waals surface area (Å²) in [7, 11) is 0. The maximum absolute atomic E-state index is 10.9. The van der Waals surface area contributed by atoms with Gasteiger partial charge in [0.05, 0.1) is 12.7 Å². The molecular formula is C11H14O3. The number of ether oxygens (including phenoxy) is 1. The maximum Gasteiger partial charge on any atom is 0.384 e. The average molecular weight is 194 g/mol. The van der Waals surface area contributed by atoms with Gasteiger partial charge in [0.15, 0.2) is 0 Å². The van der Waals surface area contributed by atoms with Gasteiger partial charge in [-0.3, -0.25) is 0 Å². The number of hydrogen-bond donors (Lipinski definition) is 1. The standard InChI is InChI=1S/C11H14O3/c1-2-14-11(13)7-6-9-4-3-5-10(12)8-9/h8,10,12H,2-5H2,1H3. The third kappa shape index (κ3) is 3.63. The van der Waals surface area contributed by atoms with Gasteiger partial charge in [-0.05, 0) is 32.3 Å². The predicted octanol–water partition coefficient (Wildman–Crippen LogP) is 1.02. The van der Waals surface area contributed by atoms with Crippen LogP contribution in [0, 0.1) is 11.8 Å². The fraction of sp³-hybridized carbons (Fsp3) is 0.545. The molecule has 1 unspecified atom stereocenters. The highest BCUT2D eigenvalue weighted by atomic mass is 16.5. The van der Waals surface area contributed by atoms with E-state index in [0.717, 1.165) is 24.8 Å². The molecule has 0 heterocycles. The molecule has 0 bridgehead atoms. The van der Waals surface area contributed by atoms with Crippen molar-refractivity contribution in [2.24, 2.45) is 0 Å². The largest absolute Gasteiger partial charge is 0.456 e. The summed E-state index contributed by atoms with van der Waals surface area (Å²) in [6, 6.07) is 0. The van der Waals surface area contributed by atoms with Gasteiger partial charge in [0.2, 0.25) is 0 Å². The summed E-state index contributed by atoms with van der Waals surface area (Å²) in [5.41, 5.74) is 0.830. The number of hydrogen-bond acceptors (Lipinski definition) is 3. The Morgan fingerprint density at radius 2 is 2.57 bits per heavy atom. The molecule has 0 aromatic heterocycles. The van der Waals surface area contributed by atoms with Crippen LogP contribution in [0.25, 0.3) is 0 Å². The lowest BCUT2D eigenvalue weighted by Crippen LogP contribution is -2.08. The number of rotatable bonds is 1. The van der Waals surface area contributed by atoms with Gasteiger partial charge in [-0.1, -0.05) is 5.92 Å². The Hall–Kier alpha value is -1.27. The summed E-state index contributed by atoms with van der Waals surface area (Å²) in [6.07, 6.45) is 3.84.